The standard InChI is InChI=1S/C18H23FN4O/c19-16-6-4-15(5-7-16)13-21-18(24)23-10-2-1-3-17(23)8-11-22-12-9-20-14-22/h4-7,9,12,14,17H,1-3,8,10-11,13H2,(H,21,24)/t17-/m1/s1. The smallest absolute Gasteiger partial charge is 0.317 e. The summed E-state index contributed by atoms with van der Waals surface area (Å²) in [5, 5.41) is 2.96. The van der Waals surface area contributed by atoms with Crippen LogP contribution in [0.3, 0.4) is 0 Å². The van der Waals surface area contributed by atoms with Gasteiger partial charge < -0.3 is 14.8 Å². The van der Waals surface area contributed by atoms with Crippen LogP contribution < -0.4 is 5.32 Å². The molecular formula is C18H23FN4O. The topological polar surface area (TPSA) is 50.2 Å². The van der Waals surface area contributed by atoms with Gasteiger partial charge in [-0.25, -0.2) is 14.2 Å². The van der Waals surface area contributed by atoms with Crippen molar-refractivity contribution in [1.29, 1.82) is 0 Å². The van der Waals surface area contributed by atoms with Gasteiger partial charge in [0.1, 0.15) is 5.82 Å². The fourth-order valence-corrected chi connectivity index (χ4v) is 3.17. The zero-order chi connectivity index (χ0) is 16.8. The highest BCUT2D eigenvalue weighted by molar-refractivity contribution is 5.74. The molecule has 2 amide bonds. The third-order valence-electron chi connectivity index (χ3n) is 4.52. The van der Waals surface area contributed by atoms with E-state index in [1.54, 1.807) is 18.3 Å². The first-order chi connectivity index (χ1) is 11.7. The summed E-state index contributed by atoms with van der Waals surface area (Å²) in [5.74, 6) is -0.263. The molecule has 1 atom stereocenters. The molecule has 0 aliphatic carbocycles. The molecule has 1 N–H and O–H groups in total. The number of benzene rings is 1. The van der Waals surface area contributed by atoms with Gasteiger partial charge in [0.25, 0.3) is 0 Å². The quantitative estimate of drug-likeness (QED) is 0.915. The Kier molecular flexibility index (Phi) is 5.46. The van der Waals surface area contributed by atoms with E-state index >= 15 is 0 Å². The van der Waals surface area contributed by atoms with Gasteiger partial charge in [-0.1, -0.05) is 12.1 Å². The maximum absolute atomic E-state index is 12.9. The summed E-state index contributed by atoms with van der Waals surface area (Å²) in [6.45, 7) is 2.08. The summed E-state index contributed by atoms with van der Waals surface area (Å²) in [6.07, 6.45) is 9.71. The Labute approximate surface area is 141 Å². The molecule has 6 heteroatoms. The highest BCUT2D eigenvalue weighted by Crippen LogP contribution is 2.20. The zero-order valence-electron chi connectivity index (χ0n) is 13.7. The molecule has 1 aliphatic rings. The number of aryl methyl sites for hydroxylation is 1. The van der Waals surface area contributed by atoms with E-state index in [0.29, 0.717) is 6.54 Å². The Morgan fingerprint density at radius 1 is 1.29 bits per heavy atom. The largest absolute Gasteiger partial charge is 0.337 e. The molecule has 2 heterocycles. The summed E-state index contributed by atoms with van der Waals surface area (Å²) in [6, 6.07) is 6.45. The number of piperidine rings is 1. The molecule has 1 aliphatic heterocycles. The average Bonchev–Trinajstić information content (AvgIpc) is 3.13. The van der Waals surface area contributed by atoms with E-state index in [0.717, 1.165) is 44.3 Å². The molecule has 1 aromatic carbocycles. The second-order valence-electron chi connectivity index (χ2n) is 6.22. The van der Waals surface area contributed by atoms with Crippen molar-refractivity contribution in [2.24, 2.45) is 0 Å². The predicted octanol–water partition coefficient (Wildman–Crippen LogP) is 3.18. The van der Waals surface area contributed by atoms with Crippen molar-refractivity contribution >= 4 is 6.03 Å². The molecule has 0 bridgehead atoms. The Morgan fingerprint density at radius 2 is 2.12 bits per heavy atom. The summed E-state index contributed by atoms with van der Waals surface area (Å²) in [5.41, 5.74) is 0.900. The van der Waals surface area contributed by atoms with Crippen LogP contribution in [0.15, 0.2) is 43.0 Å². The van der Waals surface area contributed by atoms with Crippen LogP contribution in [-0.4, -0.2) is 33.1 Å². The highest BCUT2D eigenvalue weighted by Gasteiger charge is 2.26. The van der Waals surface area contributed by atoms with E-state index in [1.807, 2.05) is 22.0 Å². The first kappa shape index (κ1) is 16.5. The number of nitrogens with zero attached hydrogens (tertiary/aromatic N) is 3. The third kappa shape index (κ3) is 4.34. The number of nitrogens with one attached hydrogen (secondary N) is 1. The predicted molar refractivity (Wildman–Crippen MR) is 89.8 cm³/mol. The number of amides is 2. The van der Waals surface area contributed by atoms with Crippen LogP contribution in [0.5, 0.6) is 0 Å². The SMILES string of the molecule is O=C(NCc1ccc(F)cc1)N1CCCC[C@@H]1CCn1ccnc1. The van der Waals surface area contributed by atoms with Gasteiger partial charge >= 0.3 is 6.03 Å². The Balaban J connectivity index is 1.53. The molecule has 1 fully saturated rings. The summed E-state index contributed by atoms with van der Waals surface area (Å²) in [7, 11) is 0. The molecule has 1 aromatic heterocycles. The van der Waals surface area contributed by atoms with E-state index in [4.69, 9.17) is 0 Å². The van der Waals surface area contributed by atoms with Crippen molar-refractivity contribution in [1.82, 2.24) is 19.8 Å². The van der Waals surface area contributed by atoms with Crippen LogP contribution in [0.4, 0.5) is 9.18 Å². The van der Waals surface area contributed by atoms with Crippen molar-refractivity contribution in [3.8, 4) is 0 Å². The first-order valence-corrected chi connectivity index (χ1v) is 8.47. The van der Waals surface area contributed by atoms with Gasteiger partial charge in [-0.3, -0.25) is 0 Å². The fourth-order valence-electron chi connectivity index (χ4n) is 3.17. The van der Waals surface area contributed by atoms with Crippen LogP contribution >= 0.6 is 0 Å². The average molecular weight is 330 g/mol. The number of urea groups is 1. The number of hydrogen-bond donors (Lipinski definition) is 1. The molecule has 0 unspecified atom stereocenters. The Morgan fingerprint density at radius 3 is 2.88 bits per heavy atom. The highest BCUT2D eigenvalue weighted by atomic mass is 19.1. The number of imidazole rings is 1. The molecule has 0 saturated carbocycles. The van der Waals surface area contributed by atoms with E-state index in [-0.39, 0.29) is 17.9 Å². The second kappa shape index (κ2) is 7.95. The van der Waals surface area contributed by atoms with Crippen LogP contribution in [0.2, 0.25) is 0 Å². The molecule has 5 nitrogen and oxygen atoms in total. The van der Waals surface area contributed by atoms with Crippen molar-refractivity contribution < 1.29 is 9.18 Å². The number of halogens is 1. The van der Waals surface area contributed by atoms with Crippen LogP contribution in [0.25, 0.3) is 0 Å². The number of carbonyl (C=O) groups excluding carboxylic acids is 1. The fraction of sp³-hybridized carbons (Fsp3) is 0.444. The van der Waals surface area contributed by atoms with Gasteiger partial charge in [-0.15, -0.1) is 0 Å². The van der Waals surface area contributed by atoms with Gasteiger partial charge in [0.15, 0.2) is 0 Å². The van der Waals surface area contributed by atoms with Crippen LogP contribution in [0.1, 0.15) is 31.2 Å². The molecule has 2 aromatic rings. The third-order valence-corrected chi connectivity index (χ3v) is 4.52. The minimum atomic E-state index is -0.263. The summed E-state index contributed by atoms with van der Waals surface area (Å²) >= 11 is 0. The Hall–Kier alpha value is -2.37. The normalized spacial score (nSPS) is 17.7. The maximum atomic E-state index is 12.9. The minimum absolute atomic E-state index is 0.0327. The number of hydrogen-bond acceptors (Lipinski definition) is 2. The summed E-state index contributed by atoms with van der Waals surface area (Å²) in [4.78, 5) is 18.5. The Bertz CT molecular complexity index is 642. The van der Waals surface area contributed by atoms with Gasteiger partial charge in [-0.2, -0.15) is 0 Å². The lowest BCUT2D eigenvalue weighted by Crippen LogP contribution is -2.48. The van der Waals surface area contributed by atoms with Crippen molar-refractivity contribution in [2.45, 2.75) is 44.8 Å². The maximum Gasteiger partial charge on any atom is 0.317 e. The lowest BCUT2D eigenvalue weighted by atomic mass is 10.00. The number of rotatable bonds is 5. The monoisotopic (exact) mass is 330 g/mol. The van der Waals surface area contributed by atoms with E-state index in [2.05, 4.69) is 10.3 Å². The molecule has 3 rings (SSSR count). The van der Waals surface area contributed by atoms with Crippen LogP contribution in [0, 0.1) is 5.82 Å². The van der Waals surface area contributed by atoms with E-state index in [9.17, 15) is 9.18 Å². The van der Waals surface area contributed by atoms with Gasteiger partial charge in [-0.05, 0) is 43.4 Å². The van der Waals surface area contributed by atoms with Gasteiger partial charge in [0, 0.05) is 38.1 Å². The first-order valence-electron chi connectivity index (χ1n) is 8.47. The number of aromatic nitrogens is 2. The molecule has 1 saturated heterocycles. The van der Waals surface area contributed by atoms with Crippen LogP contribution in [-0.2, 0) is 13.1 Å². The lowest BCUT2D eigenvalue weighted by Gasteiger charge is -2.36. The zero-order valence-corrected chi connectivity index (χ0v) is 13.7. The molecule has 128 valence electrons. The lowest BCUT2D eigenvalue weighted by molar-refractivity contribution is 0.143. The van der Waals surface area contributed by atoms with Crippen molar-refractivity contribution in [3.05, 3.63) is 54.4 Å². The van der Waals surface area contributed by atoms with Gasteiger partial charge in [0.05, 0.1) is 6.33 Å². The second-order valence-corrected chi connectivity index (χ2v) is 6.22. The number of likely N-dealkylation sites (tertiary alicyclic amines) is 1. The minimum Gasteiger partial charge on any atom is -0.337 e. The van der Waals surface area contributed by atoms with E-state index < -0.39 is 0 Å². The number of carbonyl (C=O) groups is 1. The summed E-state index contributed by atoms with van der Waals surface area (Å²) < 4.78 is 15.0. The molecule has 24 heavy (non-hydrogen) atoms. The molecular weight excluding hydrogens is 307 g/mol. The van der Waals surface area contributed by atoms with Crippen molar-refractivity contribution in [2.75, 3.05) is 6.54 Å². The van der Waals surface area contributed by atoms with Crippen molar-refractivity contribution in [3.63, 3.8) is 0 Å². The van der Waals surface area contributed by atoms with E-state index in [1.165, 1.54) is 12.1 Å². The van der Waals surface area contributed by atoms with Gasteiger partial charge in [0.2, 0.25) is 0 Å². The molecule has 0 spiro atoms. The molecule has 0 radical (unpaired) electrons.